The molecule has 1 unspecified atom stereocenters. The third-order valence-corrected chi connectivity index (χ3v) is 5.63. The van der Waals surface area contributed by atoms with E-state index in [1.807, 2.05) is 28.8 Å². The lowest BCUT2D eigenvalue weighted by atomic mass is 10.0. The van der Waals surface area contributed by atoms with Crippen LogP contribution in [-0.2, 0) is 5.72 Å². The van der Waals surface area contributed by atoms with E-state index in [0.29, 0.717) is 18.7 Å². The van der Waals surface area contributed by atoms with Crippen molar-refractivity contribution in [2.75, 3.05) is 25.1 Å². The Morgan fingerprint density at radius 1 is 1.18 bits per heavy atom. The van der Waals surface area contributed by atoms with Crippen LogP contribution in [0.1, 0.15) is 31.2 Å². The number of non-ortho nitro benzene ring substituents is 1. The number of hydrogen-bond acceptors (Lipinski definition) is 5. The van der Waals surface area contributed by atoms with Crippen molar-refractivity contribution in [3.05, 3.63) is 64.2 Å². The van der Waals surface area contributed by atoms with Gasteiger partial charge in [-0.3, -0.25) is 10.1 Å². The molecule has 0 spiro atoms. The van der Waals surface area contributed by atoms with Crippen molar-refractivity contribution in [3.8, 4) is 5.75 Å². The highest BCUT2D eigenvalue weighted by Crippen LogP contribution is 2.39. The number of anilines is 1. The summed E-state index contributed by atoms with van der Waals surface area (Å²) in [6.07, 6.45) is 3.95. The maximum absolute atomic E-state index is 11.8. The summed E-state index contributed by atoms with van der Waals surface area (Å²) >= 11 is 0. The third-order valence-electron chi connectivity index (χ3n) is 5.63. The van der Waals surface area contributed by atoms with Crippen molar-refractivity contribution in [2.24, 2.45) is 0 Å². The number of β-amino-alcohol motifs (C(OH)–C–C–N with tert-alkyl or cyclic N) is 1. The van der Waals surface area contributed by atoms with Crippen molar-refractivity contribution in [1.82, 2.24) is 0 Å². The Kier molecular flexibility index (Phi) is 4.77. The molecular formula is C21H24N3O4+. The molecule has 2 aromatic rings. The Morgan fingerprint density at radius 2 is 2.00 bits per heavy atom. The topological polar surface area (TPSA) is 78.9 Å². The second kappa shape index (κ2) is 7.24. The first kappa shape index (κ1) is 18.4. The molecule has 0 amide bonds. The van der Waals surface area contributed by atoms with Crippen LogP contribution in [0, 0.1) is 10.1 Å². The van der Waals surface area contributed by atoms with E-state index in [9.17, 15) is 15.2 Å². The highest BCUT2D eigenvalue weighted by atomic mass is 16.6. The van der Waals surface area contributed by atoms with Gasteiger partial charge >= 0.3 is 0 Å². The summed E-state index contributed by atoms with van der Waals surface area (Å²) in [5, 5.41) is 23.0. The summed E-state index contributed by atoms with van der Waals surface area (Å²) in [5.41, 5.74) is 0.0943. The van der Waals surface area contributed by atoms with Crippen molar-refractivity contribution in [1.29, 1.82) is 0 Å². The van der Waals surface area contributed by atoms with E-state index >= 15 is 0 Å². The molecule has 2 aliphatic heterocycles. The van der Waals surface area contributed by atoms with Crippen LogP contribution in [0.3, 0.4) is 0 Å². The summed E-state index contributed by atoms with van der Waals surface area (Å²) in [6.45, 7) is 1.00. The van der Waals surface area contributed by atoms with E-state index in [1.54, 1.807) is 19.2 Å². The lowest BCUT2D eigenvalue weighted by Crippen LogP contribution is -2.41. The smallest absolute Gasteiger partial charge is 0.271 e. The Bertz CT molecular complexity index is 943. The lowest BCUT2D eigenvalue weighted by molar-refractivity contribution is -0.658. The SMILES string of the molecule is COc1ccccc1N1CC(O)(c2cccc([N+](=O)[O-])c2)[N+]2=C1CCCCC2. The average molecular weight is 382 g/mol. The first-order chi connectivity index (χ1) is 13.5. The van der Waals surface area contributed by atoms with Crippen LogP contribution in [0.4, 0.5) is 11.4 Å². The van der Waals surface area contributed by atoms with Crippen molar-refractivity contribution >= 4 is 17.2 Å². The summed E-state index contributed by atoms with van der Waals surface area (Å²) in [6, 6.07) is 14.1. The standard InChI is InChI=1S/C21H24N3O4/c1-28-19-11-5-4-10-18(19)22-15-21(25,23-13-6-2-3-12-20(22)23)16-8-7-9-17(14-16)24(26)27/h4-5,7-11,14,25H,2-3,6,12-13,15H2,1H3/q+1. The minimum absolute atomic E-state index is 0.0157. The predicted molar refractivity (Wildman–Crippen MR) is 106 cm³/mol. The van der Waals surface area contributed by atoms with Crippen LogP contribution < -0.4 is 9.64 Å². The molecule has 1 atom stereocenters. The molecule has 28 heavy (non-hydrogen) atoms. The number of nitrogens with zero attached hydrogens (tertiary/aromatic N) is 3. The summed E-state index contributed by atoms with van der Waals surface area (Å²) in [4.78, 5) is 12.9. The molecule has 1 N–H and O–H groups in total. The fourth-order valence-electron chi connectivity index (χ4n) is 4.26. The predicted octanol–water partition coefficient (Wildman–Crippen LogP) is 3.25. The van der Waals surface area contributed by atoms with Crippen LogP contribution in [0.15, 0.2) is 48.5 Å². The molecule has 0 saturated carbocycles. The van der Waals surface area contributed by atoms with Gasteiger partial charge in [-0.05, 0) is 31.4 Å². The van der Waals surface area contributed by atoms with E-state index in [4.69, 9.17) is 4.74 Å². The molecule has 7 heteroatoms. The number of hydrogen-bond donors (Lipinski definition) is 1. The van der Waals surface area contributed by atoms with Crippen LogP contribution in [0.25, 0.3) is 0 Å². The molecule has 2 aliphatic rings. The van der Waals surface area contributed by atoms with Gasteiger partial charge in [-0.2, -0.15) is 0 Å². The number of nitro groups is 1. The lowest BCUT2D eigenvalue weighted by Gasteiger charge is -2.23. The van der Waals surface area contributed by atoms with Crippen molar-refractivity contribution < 1.29 is 19.3 Å². The number of aliphatic hydroxyl groups is 1. The van der Waals surface area contributed by atoms with Gasteiger partial charge in [0.05, 0.1) is 18.6 Å². The number of rotatable bonds is 4. The zero-order valence-corrected chi connectivity index (χ0v) is 15.9. The third kappa shape index (κ3) is 3.01. The van der Waals surface area contributed by atoms with Crippen LogP contribution in [0.2, 0.25) is 0 Å². The quantitative estimate of drug-likeness (QED) is 0.499. The Balaban J connectivity index is 1.84. The van der Waals surface area contributed by atoms with Gasteiger partial charge in [0.15, 0.2) is 18.0 Å². The summed E-state index contributed by atoms with van der Waals surface area (Å²) in [7, 11) is 1.64. The Hall–Kier alpha value is -2.93. The minimum Gasteiger partial charge on any atom is -0.492 e. The molecule has 0 aromatic heterocycles. The number of amidine groups is 1. The molecule has 7 nitrogen and oxygen atoms in total. The molecule has 0 fully saturated rings. The number of ether oxygens (including phenoxy) is 1. The van der Waals surface area contributed by atoms with Gasteiger partial charge < -0.3 is 9.84 Å². The molecule has 0 saturated heterocycles. The normalized spacial score (nSPS) is 22.0. The van der Waals surface area contributed by atoms with Gasteiger partial charge in [0.2, 0.25) is 0 Å². The van der Waals surface area contributed by atoms with E-state index in [0.717, 1.165) is 43.0 Å². The molecule has 2 aromatic carbocycles. The summed E-state index contributed by atoms with van der Waals surface area (Å²) in [5.74, 6) is 1.78. The van der Waals surface area contributed by atoms with E-state index in [2.05, 4.69) is 4.90 Å². The Labute approximate surface area is 163 Å². The molecule has 2 heterocycles. The number of para-hydroxylation sites is 2. The fourth-order valence-corrected chi connectivity index (χ4v) is 4.26. The first-order valence-electron chi connectivity index (χ1n) is 9.56. The van der Waals surface area contributed by atoms with Gasteiger partial charge in [0.25, 0.3) is 17.2 Å². The monoisotopic (exact) mass is 382 g/mol. The zero-order valence-electron chi connectivity index (χ0n) is 15.9. The van der Waals surface area contributed by atoms with Gasteiger partial charge in [0, 0.05) is 24.1 Å². The highest BCUT2D eigenvalue weighted by Gasteiger charge is 2.52. The van der Waals surface area contributed by atoms with Crippen LogP contribution in [0.5, 0.6) is 5.75 Å². The molecule has 146 valence electrons. The van der Waals surface area contributed by atoms with Crippen molar-refractivity contribution in [2.45, 2.75) is 31.4 Å². The van der Waals surface area contributed by atoms with Crippen LogP contribution >= 0.6 is 0 Å². The van der Waals surface area contributed by atoms with E-state index in [-0.39, 0.29) is 5.69 Å². The second-order valence-corrected chi connectivity index (χ2v) is 7.26. The minimum atomic E-state index is -1.33. The van der Waals surface area contributed by atoms with Gasteiger partial charge in [-0.25, -0.2) is 9.48 Å². The molecule has 4 rings (SSSR count). The maximum Gasteiger partial charge on any atom is 0.271 e. The molecule has 0 aliphatic carbocycles. The number of nitro benzene ring substituents is 1. The molecule has 0 bridgehead atoms. The molecule has 0 radical (unpaired) electrons. The molecular weight excluding hydrogens is 358 g/mol. The van der Waals surface area contributed by atoms with Gasteiger partial charge in [-0.15, -0.1) is 0 Å². The van der Waals surface area contributed by atoms with Crippen LogP contribution in [-0.4, -0.2) is 40.6 Å². The van der Waals surface area contributed by atoms with Crippen molar-refractivity contribution in [3.63, 3.8) is 0 Å². The average Bonchev–Trinajstić information content (AvgIpc) is 2.87. The number of benzene rings is 2. The number of methoxy groups -OCH3 is 1. The highest BCUT2D eigenvalue weighted by molar-refractivity contribution is 5.97. The zero-order chi connectivity index (χ0) is 19.7. The van der Waals surface area contributed by atoms with E-state index < -0.39 is 10.6 Å². The largest absolute Gasteiger partial charge is 0.492 e. The maximum atomic E-state index is 11.8. The van der Waals surface area contributed by atoms with Gasteiger partial charge in [0.1, 0.15) is 0 Å². The fraction of sp³-hybridized carbons (Fsp3) is 0.381. The van der Waals surface area contributed by atoms with Gasteiger partial charge in [-0.1, -0.05) is 24.3 Å². The summed E-state index contributed by atoms with van der Waals surface area (Å²) < 4.78 is 7.57. The first-order valence-corrected chi connectivity index (χ1v) is 9.56. The Morgan fingerprint density at radius 3 is 2.79 bits per heavy atom. The van der Waals surface area contributed by atoms with E-state index in [1.165, 1.54) is 12.1 Å². The second-order valence-electron chi connectivity index (χ2n) is 7.26.